The van der Waals surface area contributed by atoms with E-state index < -0.39 is 0 Å². The lowest BCUT2D eigenvalue weighted by Crippen LogP contribution is -2.13. The Labute approximate surface area is 157 Å². The van der Waals surface area contributed by atoms with Crippen molar-refractivity contribution in [3.63, 3.8) is 0 Å². The average molecular weight is 373 g/mol. The number of hydrogen-bond donors (Lipinski definition) is 2. The minimum atomic E-state index is 0.733. The van der Waals surface area contributed by atoms with E-state index in [0.29, 0.717) is 0 Å². The van der Waals surface area contributed by atoms with E-state index in [1.165, 1.54) is 0 Å². The van der Waals surface area contributed by atoms with Crippen LogP contribution < -0.4 is 10.7 Å². The SMILES string of the molecule is C/C(=N/Nc1ccc(C)c(Cl)c1)c1ccc(NC2=NCCCS2)cc1. The van der Waals surface area contributed by atoms with Gasteiger partial charge in [-0.05, 0) is 55.7 Å². The highest BCUT2D eigenvalue weighted by Gasteiger charge is 2.06. The molecule has 3 rings (SSSR count). The van der Waals surface area contributed by atoms with Gasteiger partial charge in [0, 0.05) is 23.0 Å². The molecule has 0 aliphatic carbocycles. The third kappa shape index (κ3) is 5.00. The number of aliphatic imine (C=N–C) groups is 1. The largest absolute Gasteiger partial charge is 0.335 e. The quantitative estimate of drug-likeness (QED) is 0.558. The standard InChI is InChI=1S/C19H21ClN4S/c1-13-4-7-17(12-18(13)20)24-23-14(2)15-5-8-16(9-6-15)22-19-21-10-3-11-25-19/h4-9,12,24H,3,10-11H2,1-2H3,(H,21,22)/b23-14-. The number of hydrogen-bond acceptors (Lipinski definition) is 5. The van der Waals surface area contributed by atoms with Crippen molar-refractivity contribution in [1.29, 1.82) is 0 Å². The molecule has 0 aromatic heterocycles. The molecule has 6 heteroatoms. The first-order valence-corrected chi connectivity index (χ1v) is 9.59. The molecule has 0 saturated carbocycles. The first-order chi connectivity index (χ1) is 12.1. The lowest BCUT2D eigenvalue weighted by Gasteiger charge is -2.13. The summed E-state index contributed by atoms with van der Waals surface area (Å²) in [6.07, 6.45) is 1.16. The molecule has 0 spiro atoms. The first kappa shape index (κ1) is 17.8. The van der Waals surface area contributed by atoms with Crippen LogP contribution >= 0.6 is 23.4 Å². The fourth-order valence-electron chi connectivity index (χ4n) is 2.33. The molecule has 2 N–H and O–H groups in total. The monoisotopic (exact) mass is 372 g/mol. The zero-order valence-corrected chi connectivity index (χ0v) is 15.9. The van der Waals surface area contributed by atoms with Crippen LogP contribution in [0.15, 0.2) is 52.6 Å². The van der Waals surface area contributed by atoms with Crippen LogP contribution in [0.3, 0.4) is 0 Å². The molecule has 0 radical (unpaired) electrons. The summed E-state index contributed by atoms with van der Waals surface area (Å²) >= 11 is 7.91. The van der Waals surface area contributed by atoms with Gasteiger partial charge in [-0.2, -0.15) is 5.10 Å². The minimum Gasteiger partial charge on any atom is -0.335 e. The molecule has 0 unspecified atom stereocenters. The summed E-state index contributed by atoms with van der Waals surface area (Å²) < 4.78 is 0. The Bertz CT molecular complexity index is 800. The number of amidine groups is 1. The topological polar surface area (TPSA) is 48.8 Å². The van der Waals surface area contributed by atoms with Crippen LogP contribution in [-0.4, -0.2) is 23.2 Å². The second kappa shape index (κ2) is 8.41. The number of aryl methyl sites for hydroxylation is 1. The predicted molar refractivity (Wildman–Crippen MR) is 111 cm³/mol. The van der Waals surface area contributed by atoms with E-state index in [4.69, 9.17) is 11.6 Å². The van der Waals surface area contributed by atoms with Crippen LogP contribution in [0.1, 0.15) is 24.5 Å². The van der Waals surface area contributed by atoms with Gasteiger partial charge in [-0.15, -0.1) is 0 Å². The van der Waals surface area contributed by atoms with E-state index in [0.717, 1.165) is 57.1 Å². The van der Waals surface area contributed by atoms with Crippen LogP contribution in [0.4, 0.5) is 11.4 Å². The highest BCUT2D eigenvalue weighted by molar-refractivity contribution is 8.14. The van der Waals surface area contributed by atoms with Crippen molar-refractivity contribution in [2.45, 2.75) is 20.3 Å². The number of hydrazone groups is 1. The number of benzene rings is 2. The van der Waals surface area contributed by atoms with Crippen molar-refractivity contribution in [3.05, 3.63) is 58.6 Å². The second-order valence-corrected chi connectivity index (χ2v) is 7.36. The van der Waals surface area contributed by atoms with Crippen molar-refractivity contribution in [1.82, 2.24) is 0 Å². The maximum absolute atomic E-state index is 6.14. The summed E-state index contributed by atoms with van der Waals surface area (Å²) in [4.78, 5) is 4.48. The van der Waals surface area contributed by atoms with Gasteiger partial charge in [0.2, 0.25) is 0 Å². The first-order valence-electron chi connectivity index (χ1n) is 8.23. The molecular weight excluding hydrogens is 352 g/mol. The van der Waals surface area contributed by atoms with Crippen molar-refractivity contribution in [3.8, 4) is 0 Å². The van der Waals surface area contributed by atoms with Crippen molar-refractivity contribution in [2.24, 2.45) is 10.1 Å². The van der Waals surface area contributed by atoms with Gasteiger partial charge in [0.25, 0.3) is 0 Å². The van der Waals surface area contributed by atoms with Crippen molar-refractivity contribution in [2.75, 3.05) is 23.0 Å². The Morgan fingerprint density at radius 3 is 2.60 bits per heavy atom. The third-order valence-electron chi connectivity index (χ3n) is 3.88. The lowest BCUT2D eigenvalue weighted by atomic mass is 10.1. The second-order valence-electron chi connectivity index (χ2n) is 5.86. The van der Waals surface area contributed by atoms with E-state index in [-0.39, 0.29) is 0 Å². The normalized spacial score (nSPS) is 14.8. The fourth-order valence-corrected chi connectivity index (χ4v) is 3.35. The van der Waals surface area contributed by atoms with Gasteiger partial charge < -0.3 is 5.32 Å². The van der Waals surface area contributed by atoms with Crippen molar-refractivity contribution >= 4 is 45.6 Å². The van der Waals surface area contributed by atoms with Crippen LogP contribution in [0, 0.1) is 6.92 Å². The van der Waals surface area contributed by atoms with Gasteiger partial charge in [0.1, 0.15) is 0 Å². The van der Waals surface area contributed by atoms with Crippen LogP contribution in [0.25, 0.3) is 0 Å². The molecule has 1 heterocycles. The molecule has 1 aliphatic rings. The van der Waals surface area contributed by atoms with Gasteiger partial charge >= 0.3 is 0 Å². The summed E-state index contributed by atoms with van der Waals surface area (Å²) in [6.45, 7) is 4.87. The molecule has 0 fully saturated rings. The molecule has 1 aliphatic heterocycles. The van der Waals surface area contributed by atoms with Crippen LogP contribution in [-0.2, 0) is 0 Å². The Hall–Kier alpha value is -1.98. The number of rotatable bonds is 4. The van der Waals surface area contributed by atoms with E-state index in [1.54, 1.807) is 11.8 Å². The van der Waals surface area contributed by atoms with Gasteiger partial charge in [0.05, 0.1) is 11.4 Å². The Morgan fingerprint density at radius 1 is 1.16 bits per heavy atom. The fraction of sp³-hybridized carbons (Fsp3) is 0.263. The molecule has 25 heavy (non-hydrogen) atoms. The minimum absolute atomic E-state index is 0.733. The molecular formula is C19H21ClN4S. The summed E-state index contributed by atoms with van der Waals surface area (Å²) in [6, 6.07) is 14.0. The Kier molecular flexibility index (Phi) is 6.00. The molecule has 0 amide bonds. The van der Waals surface area contributed by atoms with E-state index in [2.05, 4.69) is 45.1 Å². The third-order valence-corrected chi connectivity index (χ3v) is 5.28. The van der Waals surface area contributed by atoms with E-state index in [1.807, 2.05) is 32.0 Å². The van der Waals surface area contributed by atoms with Gasteiger partial charge in [0.15, 0.2) is 5.17 Å². The smallest absolute Gasteiger partial charge is 0.161 e. The summed E-state index contributed by atoms with van der Waals surface area (Å²) in [7, 11) is 0. The van der Waals surface area contributed by atoms with Crippen LogP contribution in [0.2, 0.25) is 5.02 Å². The molecule has 2 aromatic carbocycles. The summed E-state index contributed by atoms with van der Waals surface area (Å²) in [5.74, 6) is 1.13. The number of thioether (sulfide) groups is 1. The Balaban J connectivity index is 1.64. The molecule has 2 aromatic rings. The highest BCUT2D eigenvalue weighted by Crippen LogP contribution is 2.20. The lowest BCUT2D eigenvalue weighted by molar-refractivity contribution is 0.938. The Morgan fingerprint density at radius 2 is 1.92 bits per heavy atom. The predicted octanol–water partition coefficient (Wildman–Crippen LogP) is 5.39. The number of halogens is 1. The number of nitrogens with one attached hydrogen (secondary N) is 2. The van der Waals surface area contributed by atoms with Gasteiger partial charge in [-0.1, -0.05) is 41.6 Å². The molecule has 0 bridgehead atoms. The van der Waals surface area contributed by atoms with Gasteiger partial charge in [-0.25, -0.2) is 0 Å². The summed E-state index contributed by atoms with van der Waals surface area (Å²) in [5, 5.41) is 9.53. The van der Waals surface area contributed by atoms with Crippen molar-refractivity contribution < 1.29 is 0 Å². The maximum Gasteiger partial charge on any atom is 0.161 e. The molecule has 130 valence electrons. The molecule has 4 nitrogen and oxygen atoms in total. The van der Waals surface area contributed by atoms with Gasteiger partial charge in [-0.3, -0.25) is 10.4 Å². The number of nitrogens with zero attached hydrogens (tertiary/aromatic N) is 2. The maximum atomic E-state index is 6.14. The number of anilines is 2. The zero-order valence-electron chi connectivity index (χ0n) is 14.3. The van der Waals surface area contributed by atoms with E-state index in [9.17, 15) is 0 Å². The molecule has 0 atom stereocenters. The highest BCUT2D eigenvalue weighted by atomic mass is 35.5. The average Bonchev–Trinajstić information content (AvgIpc) is 2.64. The van der Waals surface area contributed by atoms with Crippen LogP contribution in [0.5, 0.6) is 0 Å². The summed E-state index contributed by atoms with van der Waals surface area (Å²) in [5.41, 5.74) is 8.00. The molecule has 0 saturated heterocycles. The zero-order chi connectivity index (χ0) is 17.6. The van der Waals surface area contributed by atoms with E-state index >= 15 is 0 Å².